The first-order chi connectivity index (χ1) is 16.7. The Hall–Kier alpha value is -3.42. The Morgan fingerprint density at radius 2 is 1.86 bits per heavy atom. The van der Waals surface area contributed by atoms with Crippen molar-refractivity contribution in [2.45, 2.75) is 71.4 Å². The molecule has 0 spiro atoms. The number of benzene rings is 1. The van der Waals surface area contributed by atoms with E-state index in [1.165, 1.54) is 0 Å². The van der Waals surface area contributed by atoms with E-state index >= 15 is 0 Å². The largest absolute Gasteiger partial charge is 0.348 e. The zero-order valence-electron chi connectivity index (χ0n) is 21.0. The van der Waals surface area contributed by atoms with Crippen molar-refractivity contribution in [2.24, 2.45) is 0 Å². The highest BCUT2D eigenvalue weighted by molar-refractivity contribution is 6.06. The van der Waals surface area contributed by atoms with E-state index in [0.717, 1.165) is 72.4 Å². The summed E-state index contributed by atoms with van der Waals surface area (Å²) in [7, 11) is 0. The molecule has 0 unspecified atom stereocenters. The highest BCUT2D eigenvalue weighted by Crippen LogP contribution is 2.41. The fraction of sp³-hybridized carbons (Fsp3) is 0.481. The van der Waals surface area contributed by atoms with E-state index in [4.69, 9.17) is 10.1 Å². The van der Waals surface area contributed by atoms with Gasteiger partial charge < -0.3 is 15.5 Å². The average molecular weight is 475 g/mol. The summed E-state index contributed by atoms with van der Waals surface area (Å²) in [4.78, 5) is 32.6. The van der Waals surface area contributed by atoms with Crippen molar-refractivity contribution in [2.75, 3.05) is 18.4 Å². The Bertz CT molecular complexity index is 1280. The summed E-state index contributed by atoms with van der Waals surface area (Å²) < 4.78 is 1.94. The maximum Gasteiger partial charge on any atom is 0.321 e. The van der Waals surface area contributed by atoms with Crippen molar-refractivity contribution in [3.63, 3.8) is 0 Å². The Morgan fingerprint density at radius 1 is 1.11 bits per heavy atom. The maximum absolute atomic E-state index is 13.4. The monoisotopic (exact) mass is 474 g/mol. The van der Waals surface area contributed by atoms with Gasteiger partial charge in [0.15, 0.2) is 5.65 Å². The van der Waals surface area contributed by atoms with Crippen molar-refractivity contribution in [1.29, 1.82) is 0 Å². The van der Waals surface area contributed by atoms with Gasteiger partial charge in [0, 0.05) is 36.9 Å². The molecule has 0 atom stereocenters. The van der Waals surface area contributed by atoms with Gasteiger partial charge in [-0.3, -0.25) is 4.79 Å². The van der Waals surface area contributed by atoms with Crippen LogP contribution in [-0.2, 0) is 12.1 Å². The van der Waals surface area contributed by atoms with Gasteiger partial charge in [0.05, 0.1) is 22.2 Å². The standard InChI is InChI=1S/C27H34N6O2/c1-17-23-21(15-22(19-10-11-19)30-24(23)33(31-17)27(2,3)4)25(34)28-16-18-8-7-9-20(14-18)29-26(35)32-12-5-6-13-32/h7-9,14-15,19H,5-6,10-13,16H2,1-4H3,(H,28,34)(H,29,35). The predicted molar refractivity (Wildman–Crippen MR) is 137 cm³/mol. The van der Waals surface area contributed by atoms with E-state index < -0.39 is 0 Å². The number of nitrogens with one attached hydrogen (secondary N) is 2. The molecule has 0 bridgehead atoms. The van der Waals surface area contributed by atoms with Crippen LogP contribution in [0.5, 0.6) is 0 Å². The van der Waals surface area contributed by atoms with Crippen LogP contribution in [0.4, 0.5) is 10.5 Å². The molecular weight excluding hydrogens is 440 g/mol. The molecule has 8 nitrogen and oxygen atoms in total. The second-order valence-corrected chi connectivity index (χ2v) is 10.7. The summed E-state index contributed by atoms with van der Waals surface area (Å²) in [5.74, 6) is 0.285. The number of hydrogen-bond acceptors (Lipinski definition) is 4. The SMILES string of the molecule is Cc1nn(C(C)(C)C)c2nc(C3CC3)cc(C(=O)NCc3cccc(NC(=O)N4CCCC4)c3)c12. The fourth-order valence-corrected chi connectivity index (χ4v) is 4.70. The Labute approximate surface area is 206 Å². The zero-order valence-corrected chi connectivity index (χ0v) is 21.0. The minimum absolute atomic E-state index is 0.0678. The van der Waals surface area contributed by atoms with E-state index in [-0.39, 0.29) is 17.5 Å². The van der Waals surface area contributed by atoms with E-state index in [2.05, 4.69) is 31.4 Å². The van der Waals surface area contributed by atoms with Crippen molar-refractivity contribution < 1.29 is 9.59 Å². The van der Waals surface area contributed by atoms with Crippen molar-refractivity contribution in [3.8, 4) is 0 Å². The first-order valence-electron chi connectivity index (χ1n) is 12.5. The van der Waals surface area contributed by atoms with Crippen LogP contribution in [0.2, 0.25) is 0 Å². The van der Waals surface area contributed by atoms with Crippen LogP contribution < -0.4 is 10.6 Å². The molecule has 2 fully saturated rings. The average Bonchev–Trinajstić information content (AvgIpc) is 3.40. The third kappa shape index (κ3) is 4.88. The Kier molecular flexibility index (Phi) is 5.99. The summed E-state index contributed by atoms with van der Waals surface area (Å²) in [6, 6.07) is 9.51. The lowest BCUT2D eigenvalue weighted by molar-refractivity contribution is 0.0952. The molecule has 2 aliphatic rings. The Balaban J connectivity index is 1.36. The number of fused-ring (bicyclic) bond motifs is 1. The van der Waals surface area contributed by atoms with Gasteiger partial charge >= 0.3 is 6.03 Å². The smallest absolute Gasteiger partial charge is 0.321 e. The van der Waals surface area contributed by atoms with Gasteiger partial charge in [0.1, 0.15) is 0 Å². The molecule has 8 heteroatoms. The summed E-state index contributed by atoms with van der Waals surface area (Å²) >= 11 is 0. The topological polar surface area (TPSA) is 92.1 Å². The van der Waals surface area contributed by atoms with Crippen LogP contribution in [0.25, 0.3) is 11.0 Å². The predicted octanol–water partition coefficient (Wildman–Crippen LogP) is 4.93. The van der Waals surface area contributed by atoms with Gasteiger partial charge in [0.25, 0.3) is 5.91 Å². The molecule has 2 N–H and O–H groups in total. The van der Waals surface area contributed by atoms with Crippen LogP contribution in [0, 0.1) is 6.92 Å². The number of amides is 3. The van der Waals surface area contributed by atoms with Crippen LogP contribution >= 0.6 is 0 Å². The number of nitrogens with zero attached hydrogens (tertiary/aromatic N) is 4. The van der Waals surface area contributed by atoms with Crippen molar-refractivity contribution in [1.82, 2.24) is 25.0 Å². The van der Waals surface area contributed by atoms with Gasteiger partial charge in [-0.2, -0.15) is 5.10 Å². The second kappa shape index (κ2) is 8.98. The second-order valence-electron chi connectivity index (χ2n) is 10.7. The summed E-state index contributed by atoms with van der Waals surface area (Å²) in [6.07, 6.45) is 4.33. The number of rotatable bonds is 5. The molecule has 2 aromatic heterocycles. The molecular formula is C27H34N6O2. The summed E-state index contributed by atoms with van der Waals surface area (Å²) in [5.41, 5.74) is 4.60. The molecule has 3 aromatic rings. The van der Waals surface area contributed by atoms with E-state index in [1.54, 1.807) is 0 Å². The first-order valence-corrected chi connectivity index (χ1v) is 12.5. The molecule has 1 aliphatic heterocycles. The number of aromatic nitrogens is 3. The maximum atomic E-state index is 13.4. The van der Waals surface area contributed by atoms with Crippen LogP contribution in [0.1, 0.15) is 79.7 Å². The number of carbonyl (C=O) groups is 2. The van der Waals surface area contributed by atoms with Gasteiger partial charge in [-0.15, -0.1) is 0 Å². The zero-order chi connectivity index (χ0) is 24.7. The van der Waals surface area contributed by atoms with Gasteiger partial charge in [-0.05, 0) is 77.1 Å². The minimum atomic E-state index is -0.241. The lowest BCUT2D eigenvalue weighted by atomic mass is 10.1. The molecule has 3 amide bonds. The Morgan fingerprint density at radius 3 is 2.54 bits per heavy atom. The summed E-state index contributed by atoms with van der Waals surface area (Å²) in [5, 5.41) is 11.6. The first kappa shape index (κ1) is 23.3. The van der Waals surface area contributed by atoms with Crippen molar-refractivity contribution >= 4 is 28.7 Å². The molecule has 184 valence electrons. The van der Waals surface area contributed by atoms with Crippen LogP contribution in [0.15, 0.2) is 30.3 Å². The molecule has 1 aromatic carbocycles. The normalized spacial score (nSPS) is 16.1. The molecule has 5 rings (SSSR count). The third-order valence-electron chi connectivity index (χ3n) is 6.73. The number of carbonyl (C=O) groups excluding carboxylic acids is 2. The lowest BCUT2D eigenvalue weighted by Crippen LogP contribution is -2.32. The number of anilines is 1. The van der Waals surface area contributed by atoms with Gasteiger partial charge in [0.2, 0.25) is 0 Å². The molecule has 1 saturated heterocycles. The number of pyridine rings is 1. The molecule has 3 heterocycles. The quantitative estimate of drug-likeness (QED) is 0.548. The van der Waals surface area contributed by atoms with E-state index in [1.807, 2.05) is 46.8 Å². The summed E-state index contributed by atoms with van der Waals surface area (Å²) in [6.45, 7) is 10.2. The minimum Gasteiger partial charge on any atom is -0.348 e. The van der Waals surface area contributed by atoms with Crippen LogP contribution in [-0.4, -0.2) is 44.7 Å². The number of urea groups is 1. The highest BCUT2D eigenvalue weighted by Gasteiger charge is 2.30. The molecule has 35 heavy (non-hydrogen) atoms. The highest BCUT2D eigenvalue weighted by atomic mass is 16.2. The van der Waals surface area contributed by atoms with E-state index in [0.29, 0.717) is 18.0 Å². The third-order valence-corrected chi connectivity index (χ3v) is 6.73. The fourth-order valence-electron chi connectivity index (χ4n) is 4.70. The van der Waals surface area contributed by atoms with Crippen molar-refractivity contribution in [3.05, 3.63) is 52.8 Å². The molecule has 1 saturated carbocycles. The molecule has 1 aliphatic carbocycles. The lowest BCUT2D eigenvalue weighted by Gasteiger charge is -2.20. The number of likely N-dealkylation sites (tertiary alicyclic amines) is 1. The van der Waals surface area contributed by atoms with E-state index in [9.17, 15) is 9.59 Å². The van der Waals surface area contributed by atoms with Gasteiger partial charge in [-0.1, -0.05) is 12.1 Å². The molecule has 0 radical (unpaired) electrons. The number of hydrogen-bond donors (Lipinski definition) is 2. The van der Waals surface area contributed by atoms with Gasteiger partial charge in [-0.25, -0.2) is 14.5 Å². The van der Waals surface area contributed by atoms with Crippen LogP contribution in [0.3, 0.4) is 0 Å². The number of aryl methyl sites for hydroxylation is 1.